The van der Waals surface area contributed by atoms with Gasteiger partial charge < -0.3 is 10.2 Å². The van der Waals surface area contributed by atoms with Crippen molar-refractivity contribution in [3.05, 3.63) is 120 Å². The summed E-state index contributed by atoms with van der Waals surface area (Å²) in [7, 11) is 0. The summed E-state index contributed by atoms with van der Waals surface area (Å²) in [6, 6.07) is 28.0. The van der Waals surface area contributed by atoms with Gasteiger partial charge in [0.1, 0.15) is 6.17 Å². The SMILES string of the molecule is O=C1c2ccccc2N[C@@H](c2cnn(Cc3ccccc3)c2)N1Cc1ccccc1. The predicted molar refractivity (Wildman–Crippen MR) is 117 cm³/mol. The molecule has 1 aliphatic heterocycles. The van der Waals surface area contributed by atoms with Crippen molar-refractivity contribution in [2.75, 3.05) is 5.32 Å². The van der Waals surface area contributed by atoms with Crippen LogP contribution in [0.15, 0.2) is 97.3 Å². The molecule has 1 N–H and O–H groups in total. The summed E-state index contributed by atoms with van der Waals surface area (Å²) < 4.78 is 1.91. The highest BCUT2D eigenvalue weighted by atomic mass is 16.2. The van der Waals surface area contributed by atoms with Gasteiger partial charge in [-0.15, -0.1) is 0 Å². The monoisotopic (exact) mass is 394 g/mol. The molecular formula is C25H22N4O. The molecule has 4 aromatic rings. The third-order valence-electron chi connectivity index (χ3n) is 5.37. The molecule has 0 bridgehead atoms. The Balaban J connectivity index is 1.47. The summed E-state index contributed by atoms with van der Waals surface area (Å²) in [5.74, 6) is 0.0222. The maximum Gasteiger partial charge on any atom is 0.258 e. The molecule has 1 aliphatic rings. The predicted octanol–water partition coefficient (Wildman–Crippen LogP) is 4.70. The fraction of sp³-hybridized carbons (Fsp3) is 0.120. The van der Waals surface area contributed by atoms with E-state index in [9.17, 15) is 4.79 Å². The Hall–Kier alpha value is -3.86. The number of nitrogens with zero attached hydrogens (tertiary/aromatic N) is 3. The van der Waals surface area contributed by atoms with Crippen LogP contribution in [-0.2, 0) is 13.1 Å². The second-order valence-corrected chi connectivity index (χ2v) is 7.47. The average molecular weight is 394 g/mol. The number of para-hydroxylation sites is 1. The van der Waals surface area contributed by atoms with Crippen LogP contribution in [0.2, 0.25) is 0 Å². The molecule has 5 heteroatoms. The van der Waals surface area contributed by atoms with Crippen molar-refractivity contribution in [3.8, 4) is 0 Å². The minimum atomic E-state index is -0.280. The standard InChI is InChI=1S/C25H22N4O/c30-25-22-13-7-8-14-23(22)27-24(29(25)17-20-11-5-2-6-12-20)21-15-26-28(18-21)16-19-9-3-1-4-10-19/h1-15,18,24,27H,16-17H2/t24-/m1/s1. The van der Waals surface area contributed by atoms with Gasteiger partial charge in [-0.1, -0.05) is 72.8 Å². The molecular weight excluding hydrogens is 372 g/mol. The van der Waals surface area contributed by atoms with Crippen molar-refractivity contribution in [1.82, 2.24) is 14.7 Å². The lowest BCUT2D eigenvalue weighted by molar-refractivity contribution is 0.0666. The second kappa shape index (κ2) is 7.87. The van der Waals surface area contributed by atoms with E-state index in [1.54, 1.807) is 0 Å². The molecule has 5 rings (SSSR count). The number of amides is 1. The number of fused-ring (bicyclic) bond motifs is 1. The number of benzene rings is 3. The third kappa shape index (κ3) is 3.57. The molecule has 0 saturated heterocycles. The van der Waals surface area contributed by atoms with E-state index in [0.717, 1.165) is 16.8 Å². The molecule has 1 amide bonds. The molecule has 0 saturated carbocycles. The number of carbonyl (C=O) groups excluding carboxylic acids is 1. The first-order valence-corrected chi connectivity index (χ1v) is 10.0. The zero-order valence-corrected chi connectivity index (χ0v) is 16.5. The lowest BCUT2D eigenvalue weighted by atomic mass is 10.0. The first kappa shape index (κ1) is 18.2. The van der Waals surface area contributed by atoms with Gasteiger partial charge in [0, 0.05) is 24.0 Å². The van der Waals surface area contributed by atoms with Crippen LogP contribution < -0.4 is 5.32 Å². The Kier molecular flexibility index (Phi) is 4.77. The van der Waals surface area contributed by atoms with E-state index < -0.39 is 0 Å². The summed E-state index contributed by atoms with van der Waals surface area (Å²) in [5.41, 5.74) is 4.79. The van der Waals surface area contributed by atoms with Gasteiger partial charge in [0.25, 0.3) is 5.91 Å². The van der Waals surface area contributed by atoms with Gasteiger partial charge in [-0.25, -0.2) is 0 Å². The first-order valence-electron chi connectivity index (χ1n) is 10.0. The van der Waals surface area contributed by atoms with Crippen molar-refractivity contribution < 1.29 is 4.79 Å². The van der Waals surface area contributed by atoms with E-state index >= 15 is 0 Å². The fourth-order valence-electron chi connectivity index (χ4n) is 3.88. The molecule has 2 heterocycles. The number of anilines is 1. The van der Waals surface area contributed by atoms with E-state index in [0.29, 0.717) is 18.7 Å². The Bertz CT molecular complexity index is 1150. The van der Waals surface area contributed by atoms with E-state index in [1.807, 2.05) is 94.8 Å². The Morgan fingerprint density at radius 1 is 0.800 bits per heavy atom. The molecule has 0 aliphatic carbocycles. The number of rotatable bonds is 5. The van der Waals surface area contributed by atoms with Crippen molar-refractivity contribution in [2.24, 2.45) is 0 Å². The zero-order valence-electron chi connectivity index (χ0n) is 16.5. The first-order chi connectivity index (χ1) is 14.8. The van der Waals surface area contributed by atoms with Crippen LogP contribution in [0, 0.1) is 0 Å². The average Bonchev–Trinajstić information content (AvgIpc) is 3.25. The lowest BCUT2D eigenvalue weighted by Crippen LogP contribution is -2.42. The van der Waals surface area contributed by atoms with Gasteiger partial charge in [-0.05, 0) is 23.3 Å². The molecule has 0 unspecified atom stereocenters. The van der Waals surface area contributed by atoms with Crippen LogP contribution >= 0.6 is 0 Å². The molecule has 1 aromatic heterocycles. The molecule has 3 aromatic carbocycles. The summed E-state index contributed by atoms with van der Waals surface area (Å²) >= 11 is 0. The maximum atomic E-state index is 13.4. The molecule has 5 nitrogen and oxygen atoms in total. The number of aromatic nitrogens is 2. The molecule has 30 heavy (non-hydrogen) atoms. The quantitative estimate of drug-likeness (QED) is 0.534. The minimum Gasteiger partial charge on any atom is -0.361 e. The van der Waals surface area contributed by atoms with Crippen LogP contribution in [0.25, 0.3) is 0 Å². The molecule has 148 valence electrons. The summed E-state index contributed by atoms with van der Waals surface area (Å²) in [6.07, 6.45) is 3.58. The minimum absolute atomic E-state index is 0.0222. The van der Waals surface area contributed by atoms with Gasteiger partial charge in [-0.2, -0.15) is 5.10 Å². The molecule has 0 spiro atoms. The number of hydrogen-bond donors (Lipinski definition) is 1. The number of carbonyl (C=O) groups is 1. The maximum absolute atomic E-state index is 13.4. The lowest BCUT2D eigenvalue weighted by Gasteiger charge is -2.37. The summed E-state index contributed by atoms with van der Waals surface area (Å²) in [5, 5.41) is 8.09. The highest BCUT2D eigenvalue weighted by Crippen LogP contribution is 2.34. The number of nitrogens with one attached hydrogen (secondary N) is 1. The van der Waals surface area contributed by atoms with E-state index in [1.165, 1.54) is 5.56 Å². The Morgan fingerprint density at radius 2 is 1.43 bits per heavy atom. The molecule has 0 radical (unpaired) electrons. The topological polar surface area (TPSA) is 50.2 Å². The van der Waals surface area contributed by atoms with Crippen LogP contribution in [0.1, 0.15) is 33.2 Å². The van der Waals surface area contributed by atoms with Crippen LogP contribution in [-0.4, -0.2) is 20.6 Å². The van der Waals surface area contributed by atoms with Crippen LogP contribution in [0.4, 0.5) is 5.69 Å². The number of hydrogen-bond acceptors (Lipinski definition) is 3. The summed E-state index contributed by atoms with van der Waals surface area (Å²) in [4.78, 5) is 15.2. The Labute approximate surface area is 175 Å². The molecule has 0 fully saturated rings. The highest BCUT2D eigenvalue weighted by molar-refractivity contribution is 6.01. The van der Waals surface area contributed by atoms with E-state index in [4.69, 9.17) is 0 Å². The zero-order chi connectivity index (χ0) is 20.3. The van der Waals surface area contributed by atoms with E-state index in [2.05, 4.69) is 22.5 Å². The van der Waals surface area contributed by atoms with Gasteiger partial charge in [0.15, 0.2) is 0 Å². The van der Waals surface area contributed by atoms with Gasteiger partial charge in [-0.3, -0.25) is 9.48 Å². The third-order valence-corrected chi connectivity index (χ3v) is 5.37. The Morgan fingerprint density at radius 3 is 2.17 bits per heavy atom. The van der Waals surface area contributed by atoms with E-state index in [-0.39, 0.29) is 12.1 Å². The van der Waals surface area contributed by atoms with Crippen molar-refractivity contribution in [2.45, 2.75) is 19.3 Å². The normalized spacial score (nSPS) is 15.5. The highest BCUT2D eigenvalue weighted by Gasteiger charge is 2.33. The fourth-order valence-corrected chi connectivity index (χ4v) is 3.88. The van der Waals surface area contributed by atoms with Crippen LogP contribution in [0.3, 0.4) is 0 Å². The van der Waals surface area contributed by atoms with Crippen LogP contribution in [0.5, 0.6) is 0 Å². The van der Waals surface area contributed by atoms with Crippen molar-refractivity contribution in [1.29, 1.82) is 0 Å². The van der Waals surface area contributed by atoms with Gasteiger partial charge in [0.2, 0.25) is 0 Å². The molecule has 1 atom stereocenters. The largest absolute Gasteiger partial charge is 0.361 e. The second-order valence-electron chi connectivity index (χ2n) is 7.47. The van der Waals surface area contributed by atoms with Crippen molar-refractivity contribution >= 4 is 11.6 Å². The summed E-state index contributed by atoms with van der Waals surface area (Å²) in [6.45, 7) is 1.21. The van der Waals surface area contributed by atoms with Gasteiger partial charge in [0.05, 0.1) is 18.3 Å². The van der Waals surface area contributed by atoms with Gasteiger partial charge >= 0.3 is 0 Å². The smallest absolute Gasteiger partial charge is 0.258 e. The van der Waals surface area contributed by atoms with Crippen molar-refractivity contribution in [3.63, 3.8) is 0 Å².